The van der Waals surface area contributed by atoms with Gasteiger partial charge in [0.2, 0.25) is 0 Å². The summed E-state index contributed by atoms with van der Waals surface area (Å²) in [6.45, 7) is 4.55. The summed E-state index contributed by atoms with van der Waals surface area (Å²) in [5, 5.41) is 4.93. The van der Waals surface area contributed by atoms with Gasteiger partial charge < -0.3 is 10.3 Å². The van der Waals surface area contributed by atoms with Gasteiger partial charge in [0.05, 0.1) is 0 Å². The van der Waals surface area contributed by atoms with Gasteiger partial charge in [-0.05, 0) is 54.3 Å². The molecule has 102 valence electrons. The smallest absolute Gasteiger partial charge is 0.0457 e. The first-order valence-corrected chi connectivity index (χ1v) is 7.58. The average molecular weight is 256 g/mol. The summed E-state index contributed by atoms with van der Waals surface area (Å²) in [5.41, 5.74) is 2.62. The Labute approximate surface area is 115 Å². The van der Waals surface area contributed by atoms with Crippen LogP contribution in [0.1, 0.15) is 38.2 Å². The van der Waals surface area contributed by atoms with Crippen LogP contribution in [0.5, 0.6) is 0 Å². The van der Waals surface area contributed by atoms with Crippen LogP contribution in [0, 0.1) is 11.8 Å². The fourth-order valence-electron chi connectivity index (χ4n) is 3.16. The van der Waals surface area contributed by atoms with Crippen molar-refractivity contribution < 1.29 is 0 Å². The van der Waals surface area contributed by atoms with Gasteiger partial charge in [0.1, 0.15) is 0 Å². The second-order valence-corrected chi connectivity index (χ2v) is 6.16. The van der Waals surface area contributed by atoms with Gasteiger partial charge in [-0.25, -0.2) is 0 Å². The minimum absolute atomic E-state index is 0.894. The first-order valence-electron chi connectivity index (χ1n) is 7.58. The molecule has 3 rings (SSSR count). The normalized spacial score (nSPS) is 23.8. The summed E-state index contributed by atoms with van der Waals surface area (Å²) in [4.78, 5) is 3.28. The molecule has 1 heterocycles. The Morgan fingerprint density at radius 2 is 2.00 bits per heavy atom. The van der Waals surface area contributed by atoms with Gasteiger partial charge in [-0.3, -0.25) is 0 Å². The highest BCUT2D eigenvalue weighted by Crippen LogP contribution is 2.27. The number of aromatic amines is 1. The van der Waals surface area contributed by atoms with Gasteiger partial charge in [-0.1, -0.05) is 31.9 Å². The average Bonchev–Trinajstić information content (AvgIpc) is 2.88. The maximum atomic E-state index is 3.63. The van der Waals surface area contributed by atoms with E-state index in [2.05, 4.69) is 41.5 Å². The van der Waals surface area contributed by atoms with E-state index >= 15 is 0 Å². The summed E-state index contributed by atoms with van der Waals surface area (Å²) >= 11 is 0. The number of H-pyrrole nitrogens is 1. The van der Waals surface area contributed by atoms with Crippen LogP contribution in [0.2, 0.25) is 0 Å². The zero-order valence-corrected chi connectivity index (χ0v) is 11.8. The Balaban J connectivity index is 1.49. The van der Waals surface area contributed by atoms with Gasteiger partial charge in [-0.15, -0.1) is 0 Å². The van der Waals surface area contributed by atoms with Gasteiger partial charge in [0, 0.05) is 18.3 Å². The highest BCUT2D eigenvalue weighted by Gasteiger charge is 2.17. The fraction of sp³-hybridized carbons (Fsp3) is 0.529. The van der Waals surface area contributed by atoms with Crippen molar-refractivity contribution in [2.45, 2.75) is 39.2 Å². The van der Waals surface area contributed by atoms with Gasteiger partial charge >= 0.3 is 0 Å². The number of hydrogen-bond donors (Lipinski definition) is 2. The van der Waals surface area contributed by atoms with E-state index in [-0.39, 0.29) is 0 Å². The molecule has 1 fully saturated rings. The van der Waals surface area contributed by atoms with Crippen molar-refractivity contribution in [3.8, 4) is 0 Å². The van der Waals surface area contributed by atoms with Crippen LogP contribution in [-0.2, 0) is 6.54 Å². The molecule has 0 aliphatic heterocycles. The molecule has 2 N–H and O–H groups in total. The lowest BCUT2D eigenvalue weighted by atomic mass is 9.83. The van der Waals surface area contributed by atoms with Gasteiger partial charge in [-0.2, -0.15) is 0 Å². The van der Waals surface area contributed by atoms with Crippen molar-refractivity contribution in [2.75, 3.05) is 6.54 Å². The molecule has 2 nitrogen and oxygen atoms in total. The van der Waals surface area contributed by atoms with Crippen LogP contribution in [0.15, 0.2) is 30.5 Å². The molecule has 1 saturated carbocycles. The number of fused-ring (bicyclic) bond motifs is 1. The zero-order chi connectivity index (χ0) is 13.1. The van der Waals surface area contributed by atoms with Gasteiger partial charge in [0.25, 0.3) is 0 Å². The van der Waals surface area contributed by atoms with E-state index in [1.54, 1.807) is 0 Å². The molecular weight excluding hydrogens is 232 g/mol. The second kappa shape index (κ2) is 5.79. The number of aromatic nitrogens is 1. The van der Waals surface area contributed by atoms with Crippen molar-refractivity contribution >= 4 is 10.9 Å². The molecule has 0 saturated heterocycles. The number of hydrogen-bond acceptors (Lipinski definition) is 1. The van der Waals surface area contributed by atoms with Crippen LogP contribution in [0.3, 0.4) is 0 Å². The molecule has 1 aliphatic carbocycles. The molecular formula is C17H24N2. The third-order valence-corrected chi connectivity index (χ3v) is 4.52. The van der Waals surface area contributed by atoms with Crippen molar-refractivity contribution in [3.05, 3.63) is 36.0 Å². The first-order chi connectivity index (χ1) is 9.31. The monoisotopic (exact) mass is 256 g/mol. The lowest BCUT2D eigenvalue weighted by molar-refractivity contribution is 0.281. The molecule has 1 aromatic carbocycles. The molecule has 1 aromatic heterocycles. The minimum atomic E-state index is 0.894. The Bertz CT molecular complexity index is 521. The molecule has 0 spiro atoms. The minimum Gasteiger partial charge on any atom is -0.361 e. The Hall–Kier alpha value is -1.28. The largest absolute Gasteiger partial charge is 0.361 e. The predicted octanol–water partition coefficient (Wildman–Crippen LogP) is 4.08. The highest BCUT2D eigenvalue weighted by molar-refractivity contribution is 5.79. The van der Waals surface area contributed by atoms with Gasteiger partial charge in [0.15, 0.2) is 0 Å². The third kappa shape index (κ3) is 3.19. The van der Waals surface area contributed by atoms with E-state index in [9.17, 15) is 0 Å². The molecule has 2 aromatic rings. The van der Waals surface area contributed by atoms with Crippen LogP contribution in [0.4, 0.5) is 0 Å². The topological polar surface area (TPSA) is 27.8 Å². The summed E-state index contributed by atoms with van der Waals surface area (Å²) in [6.07, 6.45) is 7.65. The van der Waals surface area contributed by atoms with E-state index in [0.29, 0.717) is 0 Å². The number of nitrogens with one attached hydrogen (secondary N) is 2. The molecule has 0 unspecified atom stereocenters. The summed E-state index contributed by atoms with van der Waals surface area (Å²) in [5.74, 6) is 1.84. The van der Waals surface area contributed by atoms with E-state index in [0.717, 1.165) is 18.4 Å². The predicted molar refractivity (Wildman–Crippen MR) is 81.1 cm³/mol. The summed E-state index contributed by atoms with van der Waals surface area (Å²) < 4.78 is 0. The van der Waals surface area contributed by atoms with Crippen LogP contribution in [0.25, 0.3) is 10.9 Å². The maximum absolute atomic E-state index is 3.63. The van der Waals surface area contributed by atoms with Crippen LogP contribution >= 0.6 is 0 Å². The number of benzene rings is 1. The van der Waals surface area contributed by atoms with Crippen molar-refractivity contribution in [3.63, 3.8) is 0 Å². The van der Waals surface area contributed by atoms with Crippen LogP contribution in [-0.4, -0.2) is 11.5 Å². The van der Waals surface area contributed by atoms with Crippen molar-refractivity contribution in [1.82, 2.24) is 10.3 Å². The van der Waals surface area contributed by atoms with E-state index in [4.69, 9.17) is 0 Å². The van der Waals surface area contributed by atoms with Crippen molar-refractivity contribution in [1.29, 1.82) is 0 Å². The Kier molecular flexibility index (Phi) is 3.88. The Morgan fingerprint density at radius 3 is 2.84 bits per heavy atom. The van der Waals surface area contributed by atoms with Crippen molar-refractivity contribution in [2.24, 2.45) is 11.8 Å². The first kappa shape index (κ1) is 12.7. The van der Waals surface area contributed by atoms with E-state index in [1.807, 2.05) is 6.20 Å². The van der Waals surface area contributed by atoms with E-state index in [1.165, 1.54) is 48.7 Å². The maximum Gasteiger partial charge on any atom is 0.0457 e. The van der Waals surface area contributed by atoms with Crippen LogP contribution < -0.4 is 5.32 Å². The molecule has 2 heteroatoms. The molecule has 19 heavy (non-hydrogen) atoms. The lowest BCUT2D eigenvalue weighted by Crippen LogP contribution is -2.25. The van der Waals surface area contributed by atoms with E-state index < -0.39 is 0 Å². The molecule has 0 bridgehead atoms. The quantitative estimate of drug-likeness (QED) is 0.847. The summed E-state index contributed by atoms with van der Waals surface area (Å²) in [6, 6.07) is 8.80. The molecule has 0 radical (unpaired) electrons. The lowest BCUT2D eigenvalue weighted by Gasteiger charge is -2.26. The SMILES string of the molecule is CC1CCC(CNCc2ccc3cc[nH]c3c2)CC1. The Morgan fingerprint density at radius 1 is 1.16 bits per heavy atom. The number of rotatable bonds is 4. The third-order valence-electron chi connectivity index (χ3n) is 4.52. The molecule has 0 atom stereocenters. The fourth-order valence-corrected chi connectivity index (χ4v) is 3.16. The standard InChI is InChI=1S/C17H24N2/c1-13-2-4-14(5-3-13)11-18-12-15-6-7-16-8-9-19-17(16)10-15/h6-10,13-14,18-19H,2-5,11-12H2,1H3. The molecule has 0 amide bonds. The zero-order valence-electron chi connectivity index (χ0n) is 11.8. The molecule has 1 aliphatic rings. The second-order valence-electron chi connectivity index (χ2n) is 6.16. The summed E-state index contributed by atoms with van der Waals surface area (Å²) in [7, 11) is 0. The highest BCUT2D eigenvalue weighted by atomic mass is 14.9.